The molecule has 3 rings (SSSR count). The van der Waals surface area contributed by atoms with Crippen LogP contribution in [0.2, 0.25) is 10.0 Å². The van der Waals surface area contributed by atoms with Gasteiger partial charge in [0.15, 0.2) is 6.61 Å². The number of rotatable bonds is 7. The van der Waals surface area contributed by atoms with Crippen molar-refractivity contribution < 1.29 is 19.1 Å². The maximum absolute atomic E-state index is 12.4. The van der Waals surface area contributed by atoms with E-state index in [1.165, 1.54) is 17.7 Å². The van der Waals surface area contributed by atoms with Crippen LogP contribution in [-0.4, -0.2) is 18.5 Å². The minimum Gasteiger partial charge on any atom is -0.482 e. The van der Waals surface area contributed by atoms with E-state index in [-0.39, 0.29) is 12.5 Å². The quantitative estimate of drug-likeness (QED) is 0.309. The highest BCUT2D eigenvalue weighted by atomic mass is 35.5. The molecule has 166 valence electrons. The fourth-order valence-corrected chi connectivity index (χ4v) is 3.49. The zero-order chi connectivity index (χ0) is 23.3. The minimum atomic E-state index is -0.543. The standard InChI is InChI=1S/C25H23Cl2NO4/c1-15(2)21-10-9-20(12-16(21)3)31-14-24(29)32-19-7-4-17(5-8-19)25(30)28-23-13-18(26)6-11-22(23)27/h4-13,15H,14H2,1-3H3,(H,28,30). The highest BCUT2D eigenvalue weighted by molar-refractivity contribution is 6.35. The van der Waals surface area contributed by atoms with Crippen molar-refractivity contribution in [2.24, 2.45) is 0 Å². The Balaban J connectivity index is 1.54. The van der Waals surface area contributed by atoms with Gasteiger partial charge in [-0.1, -0.05) is 43.1 Å². The smallest absolute Gasteiger partial charge is 0.349 e. The van der Waals surface area contributed by atoms with Gasteiger partial charge in [0.1, 0.15) is 11.5 Å². The Morgan fingerprint density at radius 1 is 0.938 bits per heavy atom. The van der Waals surface area contributed by atoms with Crippen LogP contribution in [0.15, 0.2) is 60.7 Å². The summed E-state index contributed by atoms with van der Waals surface area (Å²) in [5.41, 5.74) is 3.13. The molecule has 0 aromatic heterocycles. The lowest BCUT2D eigenvalue weighted by Gasteiger charge is -2.12. The third kappa shape index (κ3) is 6.25. The summed E-state index contributed by atoms with van der Waals surface area (Å²) in [7, 11) is 0. The van der Waals surface area contributed by atoms with Gasteiger partial charge in [0.2, 0.25) is 0 Å². The van der Waals surface area contributed by atoms with Gasteiger partial charge in [-0.2, -0.15) is 0 Å². The summed E-state index contributed by atoms with van der Waals surface area (Å²) in [6, 6.07) is 16.7. The molecule has 3 aromatic rings. The first-order valence-corrected chi connectivity index (χ1v) is 10.8. The lowest BCUT2D eigenvalue weighted by Crippen LogP contribution is -2.18. The number of aryl methyl sites for hydroxylation is 1. The molecule has 0 aliphatic heterocycles. The fraction of sp³-hybridized carbons (Fsp3) is 0.200. The number of benzene rings is 3. The molecule has 1 N–H and O–H groups in total. The van der Waals surface area contributed by atoms with E-state index in [0.717, 1.165) is 5.56 Å². The van der Waals surface area contributed by atoms with Gasteiger partial charge in [-0.15, -0.1) is 0 Å². The van der Waals surface area contributed by atoms with Gasteiger partial charge in [-0.3, -0.25) is 4.79 Å². The molecule has 0 atom stereocenters. The molecule has 0 saturated heterocycles. The van der Waals surface area contributed by atoms with Gasteiger partial charge in [-0.25, -0.2) is 4.79 Å². The summed E-state index contributed by atoms with van der Waals surface area (Å²) in [6.45, 7) is 6.04. The summed E-state index contributed by atoms with van der Waals surface area (Å²) in [5, 5.41) is 3.53. The van der Waals surface area contributed by atoms with Crippen molar-refractivity contribution in [3.05, 3.63) is 87.4 Å². The van der Waals surface area contributed by atoms with Crippen LogP contribution in [0.25, 0.3) is 0 Å². The maximum atomic E-state index is 12.4. The third-order valence-corrected chi connectivity index (χ3v) is 5.31. The number of halogens is 2. The number of carbonyl (C=O) groups excluding carboxylic acids is 2. The summed E-state index contributed by atoms with van der Waals surface area (Å²) in [6.07, 6.45) is 0. The van der Waals surface area contributed by atoms with Crippen LogP contribution in [0.1, 0.15) is 41.3 Å². The number of anilines is 1. The monoisotopic (exact) mass is 471 g/mol. The van der Waals surface area contributed by atoms with Crippen LogP contribution in [0, 0.1) is 6.92 Å². The third-order valence-electron chi connectivity index (χ3n) is 4.74. The molecule has 0 aliphatic carbocycles. The van der Waals surface area contributed by atoms with Crippen LogP contribution < -0.4 is 14.8 Å². The minimum absolute atomic E-state index is 0.226. The van der Waals surface area contributed by atoms with Gasteiger partial charge in [0.05, 0.1) is 10.7 Å². The Kier molecular flexibility index (Phi) is 7.78. The van der Waals surface area contributed by atoms with E-state index in [2.05, 4.69) is 19.2 Å². The SMILES string of the molecule is Cc1cc(OCC(=O)Oc2ccc(C(=O)Nc3cc(Cl)ccc3Cl)cc2)ccc1C(C)C. The predicted octanol–water partition coefficient (Wildman–Crippen LogP) is 6.66. The van der Waals surface area contributed by atoms with Crippen LogP contribution >= 0.6 is 23.2 Å². The molecule has 0 bridgehead atoms. The van der Waals surface area contributed by atoms with Crippen LogP contribution in [0.5, 0.6) is 11.5 Å². The number of amides is 1. The molecule has 3 aromatic carbocycles. The first-order chi connectivity index (χ1) is 15.2. The number of hydrogen-bond donors (Lipinski definition) is 1. The van der Waals surface area contributed by atoms with Crippen molar-refractivity contribution in [3.8, 4) is 11.5 Å². The van der Waals surface area contributed by atoms with Crippen molar-refractivity contribution >= 4 is 40.8 Å². The largest absolute Gasteiger partial charge is 0.482 e. The number of ether oxygens (including phenoxy) is 2. The highest BCUT2D eigenvalue weighted by Gasteiger charge is 2.12. The topological polar surface area (TPSA) is 64.6 Å². The molecular weight excluding hydrogens is 449 g/mol. The number of nitrogens with one attached hydrogen (secondary N) is 1. The Morgan fingerprint density at radius 2 is 1.62 bits per heavy atom. The average molecular weight is 472 g/mol. The molecule has 0 saturated carbocycles. The molecule has 32 heavy (non-hydrogen) atoms. The molecule has 0 aliphatic rings. The van der Waals surface area contributed by atoms with Gasteiger partial charge >= 0.3 is 5.97 Å². The van der Waals surface area contributed by atoms with Gasteiger partial charge in [0, 0.05) is 10.6 Å². The Hall–Kier alpha value is -3.02. The lowest BCUT2D eigenvalue weighted by molar-refractivity contribution is -0.136. The maximum Gasteiger partial charge on any atom is 0.349 e. The Labute approximate surface area is 197 Å². The van der Waals surface area contributed by atoms with Crippen molar-refractivity contribution in [1.82, 2.24) is 0 Å². The molecule has 0 fully saturated rings. The normalized spacial score (nSPS) is 10.7. The second kappa shape index (κ2) is 10.5. The molecule has 0 spiro atoms. The summed E-state index contributed by atoms with van der Waals surface area (Å²) in [4.78, 5) is 24.5. The van der Waals surface area contributed by atoms with E-state index in [1.54, 1.807) is 30.3 Å². The fourth-order valence-electron chi connectivity index (χ4n) is 3.15. The van der Waals surface area contributed by atoms with Gasteiger partial charge in [0.25, 0.3) is 5.91 Å². The molecule has 7 heteroatoms. The predicted molar refractivity (Wildman–Crippen MR) is 127 cm³/mol. The van der Waals surface area contributed by atoms with E-state index < -0.39 is 5.97 Å². The molecule has 0 radical (unpaired) electrons. The van der Waals surface area contributed by atoms with Crippen LogP contribution in [0.3, 0.4) is 0 Å². The van der Waals surface area contributed by atoms with Crippen molar-refractivity contribution in [2.75, 3.05) is 11.9 Å². The Morgan fingerprint density at radius 3 is 2.28 bits per heavy atom. The average Bonchev–Trinajstić information content (AvgIpc) is 2.75. The number of hydrogen-bond acceptors (Lipinski definition) is 4. The zero-order valence-corrected chi connectivity index (χ0v) is 19.5. The van der Waals surface area contributed by atoms with E-state index >= 15 is 0 Å². The number of esters is 1. The van der Waals surface area contributed by atoms with E-state index in [1.807, 2.05) is 25.1 Å². The first kappa shape index (κ1) is 23.6. The van der Waals surface area contributed by atoms with Crippen molar-refractivity contribution in [2.45, 2.75) is 26.7 Å². The first-order valence-electron chi connectivity index (χ1n) is 10.0. The molecule has 0 unspecified atom stereocenters. The highest BCUT2D eigenvalue weighted by Crippen LogP contribution is 2.26. The molecule has 1 amide bonds. The zero-order valence-electron chi connectivity index (χ0n) is 17.9. The second-order valence-corrected chi connectivity index (χ2v) is 8.38. The number of carbonyl (C=O) groups is 2. The molecule has 0 heterocycles. The molecular formula is C25H23Cl2NO4. The van der Waals surface area contributed by atoms with E-state index in [4.69, 9.17) is 32.7 Å². The van der Waals surface area contributed by atoms with E-state index in [0.29, 0.717) is 38.7 Å². The second-order valence-electron chi connectivity index (χ2n) is 7.54. The van der Waals surface area contributed by atoms with Gasteiger partial charge < -0.3 is 14.8 Å². The van der Waals surface area contributed by atoms with Crippen molar-refractivity contribution in [3.63, 3.8) is 0 Å². The van der Waals surface area contributed by atoms with Crippen LogP contribution in [0.4, 0.5) is 5.69 Å². The molecule has 5 nitrogen and oxygen atoms in total. The Bertz CT molecular complexity index is 1130. The summed E-state index contributed by atoms with van der Waals surface area (Å²) in [5.74, 6) is 0.424. The summed E-state index contributed by atoms with van der Waals surface area (Å²) >= 11 is 12.0. The summed E-state index contributed by atoms with van der Waals surface area (Å²) < 4.78 is 10.8. The van der Waals surface area contributed by atoms with Gasteiger partial charge in [-0.05, 0) is 78.6 Å². The van der Waals surface area contributed by atoms with Crippen molar-refractivity contribution in [1.29, 1.82) is 0 Å². The lowest BCUT2D eigenvalue weighted by atomic mass is 9.98. The van der Waals surface area contributed by atoms with E-state index in [9.17, 15) is 9.59 Å². The van der Waals surface area contributed by atoms with Crippen LogP contribution in [-0.2, 0) is 4.79 Å².